The molecule has 2 N–H and O–H groups in total. The normalized spacial score (nSPS) is 15.4. The molecular weight excluding hydrogens is 269 g/mol. The van der Waals surface area contributed by atoms with Crippen LogP contribution in [0.5, 0.6) is 17.2 Å². The predicted molar refractivity (Wildman–Crippen MR) is 79.2 cm³/mol. The van der Waals surface area contributed by atoms with Crippen molar-refractivity contribution in [2.45, 2.75) is 32.4 Å². The van der Waals surface area contributed by atoms with Crippen LogP contribution < -0.4 is 15.2 Å². The largest absolute Gasteiger partial charge is 0.483 e. The molecule has 0 aromatic heterocycles. The molecule has 4 heteroatoms. The standard InChI is InChI=1S/C17H18FNO2/c1-17(2)9-12-4-3-5-15(16(12)21-17)20-14-7-6-11(10-19)8-13(14)18/h3-8H,9-10,19H2,1-2H3. The lowest BCUT2D eigenvalue weighted by Crippen LogP contribution is -2.24. The Kier molecular flexibility index (Phi) is 3.33. The van der Waals surface area contributed by atoms with E-state index in [0.717, 1.165) is 17.5 Å². The number of benzene rings is 2. The molecule has 0 amide bonds. The number of halogens is 1. The number of fused-ring (bicyclic) bond motifs is 1. The molecule has 2 aromatic carbocycles. The van der Waals surface area contributed by atoms with E-state index in [-0.39, 0.29) is 11.4 Å². The van der Waals surface area contributed by atoms with E-state index in [9.17, 15) is 4.39 Å². The second kappa shape index (κ2) is 5.04. The van der Waals surface area contributed by atoms with Gasteiger partial charge >= 0.3 is 0 Å². The Hall–Kier alpha value is -2.07. The van der Waals surface area contributed by atoms with Gasteiger partial charge in [0, 0.05) is 18.5 Å². The summed E-state index contributed by atoms with van der Waals surface area (Å²) in [7, 11) is 0. The van der Waals surface area contributed by atoms with Gasteiger partial charge in [0.15, 0.2) is 23.1 Å². The summed E-state index contributed by atoms with van der Waals surface area (Å²) in [6.45, 7) is 4.34. The molecule has 0 saturated heterocycles. The van der Waals surface area contributed by atoms with Gasteiger partial charge in [0.1, 0.15) is 5.60 Å². The molecule has 21 heavy (non-hydrogen) atoms. The Morgan fingerprint density at radius 1 is 1.24 bits per heavy atom. The number of para-hydroxylation sites is 1. The fourth-order valence-corrected chi connectivity index (χ4v) is 2.54. The monoisotopic (exact) mass is 287 g/mol. The quantitative estimate of drug-likeness (QED) is 0.934. The van der Waals surface area contributed by atoms with Crippen molar-refractivity contribution in [1.82, 2.24) is 0 Å². The minimum atomic E-state index is -0.423. The third-order valence-electron chi connectivity index (χ3n) is 3.51. The third kappa shape index (κ3) is 2.72. The van der Waals surface area contributed by atoms with Gasteiger partial charge in [0.05, 0.1) is 0 Å². The molecule has 0 bridgehead atoms. The molecule has 0 spiro atoms. The first kappa shape index (κ1) is 13.9. The lowest BCUT2D eigenvalue weighted by molar-refractivity contribution is 0.135. The smallest absolute Gasteiger partial charge is 0.169 e. The van der Waals surface area contributed by atoms with Crippen LogP contribution in [-0.2, 0) is 13.0 Å². The van der Waals surface area contributed by atoms with E-state index in [1.807, 2.05) is 26.0 Å². The summed E-state index contributed by atoms with van der Waals surface area (Å²) in [5, 5.41) is 0. The highest BCUT2D eigenvalue weighted by Gasteiger charge is 2.32. The van der Waals surface area contributed by atoms with Crippen LogP contribution in [0.3, 0.4) is 0 Å². The highest BCUT2D eigenvalue weighted by Crippen LogP contribution is 2.43. The molecular formula is C17H18FNO2. The van der Waals surface area contributed by atoms with E-state index in [4.69, 9.17) is 15.2 Å². The zero-order valence-electron chi connectivity index (χ0n) is 12.2. The van der Waals surface area contributed by atoms with Crippen LogP contribution >= 0.6 is 0 Å². The first-order valence-corrected chi connectivity index (χ1v) is 6.96. The summed E-state index contributed by atoms with van der Waals surface area (Å²) in [5.74, 6) is 0.990. The maximum atomic E-state index is 14.0. The molecule has 3 nitrogen and oxygen atoms in total. The summed E-state index contributed by atoms with van der Waals surface area (Å²) in [6, 6.07) is 10.4. The van der Waals surface area contributed by atoms with Crippen molar-refractivity contribution >= 4 is 0 Å². The topological polar surface area (TPSA) is 44.5 Å². The van der Waals surface area contributed by atoms with Gasteiger partial charge in [-0.1, -0.05) is 18.2 Å². The van der Waals surface area contributed by atoms with Crippen molar-refractivity contribution in [3.05, 3.63) is 53.3 Å². The molecule has 0 unspecified atom stereocenters. The summed E-state index contributed by atoms with van der Waals surface area (Å²) in [4.78, 5) is 0. The number of hydrogen-bond acceptors (Lipinski definition) is 3. The van der Waals surface area contributed by atoms with E-state index in [1.165, 1.54) is 6.07 Å². The van der Waals surface area contributed by atoms with Crippen LogP contribution in [-0.4, -0.2) is 5.60 Å². The minimum Gasteiger partial charge on any atom is -0.483 e. The van der Waals surface area contributed by atoms with E-state index < -0.39 is 5.82 Å². The summed E-state index contributed by atoms with van der Waals surface area (Å²) in [6.07, 6.45) is 0.814. The molecule has 0 fully saturated rings. The highest BCUT2D eigenvalue weighted by molar-refractivity contribution is 5.52. The summed E-state index contributed by atoms with van der Waals surface area (Å²) >= 11 is 0. The molecule has 2 aromatic rings. The average Bonchev–Trinajstić information content (AvgIpc) is 2.76. The molecule has 0 saturated carbocycles. The Balaban J connectivity index is 1.92. The van der Waals surface area contributed by atoms with Gasteiger partial charge in [0.2, 0.25) is 0 Å². The molecule has 1 aliphatic rings. The van der Waals surface area contributed by atoms with E-state index >= 15 is 0 Å². The van der Waals surface area contributed by atoms with Gasteiger partial charge < -0.3 is 15.2 Å². The van der Waals surface area contributed by atoms with Gasteiger partial charge in [-0.25, -0.2) is 4.39 Å². The van der Waals surface area contributed by atoms with Crippen LogP contribution in [0.25, 0.3) is 0 Å². The predicted octanol–water partition coefficient (Wildman–Crippen LogP) is 3.79. The van der Waals surface area contributed by atoms with Crippen molar-refractivity contribution in [2.75, 3.05) is 0 Å². The van der Waals surface area contributed by atoms with Gasteiger partial charge in [0.25, 0.3) is 0 Å². The molecule has 110 valence electrons. The molecule has 1 aliphatic heterocycles. The van der Waals surface area contributed by atoms with E-state index in [2.05, 4.69) is 0 Å². The number of rotatable bonds is 3. The number of ether oxygens (including phenoxy) is 2. The molecule has 0 radical (unpaired) electrons. The SMILES string of the molecule is CC1(C)Cc2cccc(Oc3ccc(CN)cc3F)c2O1. The summed E-state index contributed by atoms with van der Waals surface area (Å²) < 4.78 is 25.6. The Labute approximate surface area is 123 Å². The van der Waals surface area contributed by atoms with Gasteiger partial charge in [-0.15, -0.1) is 0 Å². The molecule has 0 atom stereocenters. The first-order valence-electron chi connectivity index (χ1n) is 6.96. The van der Waals surface area contributed by atoms with Crippen molar-refractivity contribution in [3.63, 3.8) is 0 Å². The molecule has 3 rings (SSSR count). The van der Waals surface area contributed by atoms with Crippen LogP contribution in [0.2, 0.25) is 0 Å². The molecule has 1 heterocycles. The van der Waals surface area contributed by atoms with Gasteiger partial charge in [-0.2, -0.15) is 0 Å². The maximum absolute atomic E-state index is 14.0. The second-order valence-corrected chi connectivity index (χ2v) is 5.85. The Bertz CT molecular complexity index is 682. The maximum Gasteiger partial charge on any atom is 0.169 e. The first-order chi connectivity index (χ1) is 9.98. The second-order valence-electron chi connectivity index (χ2n) is 5.85. The zero-order valence-corrected chi connectivity index (χ0v) is 12.2. The minimum absolute atomic E-state index is 0.175. The van der Waals surface area contributed by atoms with Crippen molar-refractivity contribution in [2.24, 2.45) is 5.73 Å². The number of hydrogen-bond donors (Lipinski definition) is 1. The van der Waals surface area contributed by atoms with E-state index in [0.29, 0.717) is 18.0 Å². The third-order valence-corrected chi connectivity index (χ3v) is 3.51. The van der Waals surface area contributed by atoms with Gasteiger partial charge in [-0.05, 0) is 37.6 Å². The molecule has 0 aliphatic carbocycles. The number of nitrogens with two attached hydrogens (primary N) is 1. The van der Waals surface area contributed by atoms with Crippen LogP contribution in [0.1, 0.15) is 25.0 Å². The van der Waals surface area contributed by atoms with Crippen LogP contribution in [0, 0.1) is 5.82 Å². The lowest BCUT2D eigenvalue weighted by atomic mass is 10.0. The fraction of sp³-hybridized carbons (Fsp3) is 0.294. The zero-order chi connectivity index (χ0) is 15.0. The van der Waals surface area contributed by atoms with Crippen LogP contribution in [0.4, 0.5) is 4.39 Å². The Morgan fingerprint density at radius 2 is 2.05 bits per heavy atom. The Morgan fingerprint density at radius 3 is 2.76 bits per heavy atom. The fourth-order valence-electron chi connectivity index (χ4n) is 2.54. The van der Waals surface area contributed by atoms with Crippen molar-refractivity contribution in [1.29, 1.82) is 0 Å². The van der Waals surface area contributed by atoms with E-state index in [1.54, 1.807) is 18.2 Å². The highest BCUT2D eigenvalue weighted by atomic mass is 19.1. The lowest BCUT2D eigenvalue weighted by Gasteiger charge is -2.18. The average molecular weight is 287 g/mol. The van der Waals surface area contributed by atoms with Crippen molar-refractivity contribution in [3.8, 4) is 17.2 Å². The summed E-state index contributed by atoms with van der Waals surface area (Å²) in [5.41, 5.74) is 7.05. The van der Waals surface area contributed by atoms with Crippen molar-refractivity contribution < 1.29 is 13.9 Å². The van der Waals surface area contributed by atoms with Gasteiger partial charge in [-0.3, -0.25) is 0 Å². The van der Waals surface area contributed by atoms with Crippen LogP contribution in [0.15, 0.2) is 36.4 Å².